The number of pyridine rings is 2. The van der Waals surface area contributed by atoms with E-state index in [0.29, 0.717) is 46.7 Å². The predicted octanol–water partition coefficient (Wildman–Crippen LogP) is 3.23. The lowest BCUT2D eigenvalue weighted by Crippen LogP contribution is -2.34. The molecule has 0 bridgehead atoms. The smallest absolute Gasteiger partial charge is 0.322 e. The van der Waals surface area contributed by atoms with E-state index in [0.717, 1.165) is 5.39 Å². The van der Waals surface area contributed by atoms with Crippen LogP contribution in [0.1, 0.15) is 29.9 Å². The van der Waals surface area contributed by atoms with Crippen LogP contribution in [-0.4, -0.2) is 88.9 Å². The summed E-state index contributed by atoms with van der Waals surface area (Å²) in [6.07, 6.45) is 3.91. The quantitative estimate of drug-likeness (QED) is 0.117. The van der Waals surface area contributed by atoms with Gasteiger partial charge < -0.3 is 25.3 Å². The van der Waals surface area contributed by atoms with Crippen LogP contribution in [0.2, 0.25) is 0 Å². The third-order valence-corrected chi connectivity index (χ3v) is 6.86. The lowest BCUT2D eigenvalue weighted by molar-refractivity contribution is -0.150. The van der Waals surface area contributed by atoms with Crippen LogP contribution in [0.5, 0.6) is 17.2 Å². The number of nitrogens with zero attached hydrogens (tertiary/aromatic N) is 4. The normalized spacial score (nSPS) is 12.2. The van der Waals surface area contributed by atoms with Gasteiger partial charge in [-0.25, -0.2) is 9.67 Å². The van der Waals surface area contributed by atoms with E-state index < -0.39 is 49.8 Å². The van der Waals surface area contributed by atoms with Gasteiger partial charge in [0.05, 0.1) is 49.3 Å². The van der Waals surface area contributed by atoms with Crippen LogP contribution in [-0.2, 0) is 36.3 Å². The highest BCUT2D eigenvalue weighted by Crippen LogP contribution is 2.31. The summed E-state index contributed by atoms with van der Waals surface area (Å²) < 4.78 is 71.5. The molecule has 0 fully saturated rings. The first-order chi connectivity index (χ1) is 25.2. The Morgan fingerprint density at radius 2 is 1.54 bits per heavy atom. The first kappa shape index (κ1) is 42.7. The zero-order valence-electron chi connectivity index (χ0n) is 30.0. The monoisotopic (exact) mass is 788 g/mol. The first-order valence-corrected chi connectivity index (χ1v) is 19.4. The Labute approximate surface area is 311 Å². The minimum Gasteiger partial charge on any atom is -0.497 e. The summed E-state index contributed by atoms with van der Waals surface area (Å²) in [5.74, 6) is 0.731. The van der Waals surface area contributed by atoms with E-state index in [-0.39, 0.29) is 17.9 Å². The van der Waals surface area contributed by atoms with Crippen molar-refractivity contribution in [3.8, 4) is 22.9 Å². The standard InChI is InChI=1S/C32H32N6O6.2CH4O3S/c1-19(43-32(41)20(2)33)18-37-21(3)29(31(40)38(37)22-8-6-5-7-9-22)30(39)36-28-13-11-24(17-35-28)44-27-14-15-34-26-16-23(42-4)10-12-25(26)27;2*1-5(2,3)4/h5-17,19-20H,18,33H2,1-4H3,(H,35,36,39);2*1H3,(H,2,3,4)/t19-,20+;;/m1../s1. The number of hydrogen-bond acceptors (Lipinski definition) is 13. The Morgan fingerprint density at radius 3 is 2.09 bits per heavy atom. The summed E-state index contributed by atoms with van der Waals surface area (Å²) in [6, 6.07) is 18.6. The first-order valence-electron chi connectivity index (χ1n) is 15.7. The molecule has 0 saturated carbocycles. The highest BCUT2D eigenvalue weighted by Gasteiger charge is 2.26. The second-order valence-electron chi connectivity index (χ2n) is 11.6. The van der Waals surface area contributed by atoms with Gasteiger partial charge in [-0.2, -0.15) is 16.8 Å². The maximum Gasteiger partial charge on any atom is 0.322 e. The molecule has 5 rings (SSSR count). The largest absolute Gasteiger partial charge is 0.497 e. The van der Waals surface area contributed by atoms with Crippen LogP contribution in [0.25, 0.3) is 16.6 Å². The number of hydrogen-bond donors (Lipinski definition) is 4. The van der Waals surface area contributed by atoms with Gasteiger partial charge in [-0.15, -0.1) is 0 Å². The van der Waals surface area contributed by atoms with E-state index in [4.69, 9.17) is 29.0 Å². The van der Waals surface area contributed by atoms with E-state index in [1.165, 1.54) is 17.8 Å². The van der Waals surface area contributed by atoms with Gasteiger partial charge in [0.1, 0.15) is 40.8 Å². The van der Waals surface area contributed by atoms with Gasteiger partial charge in [0, 0.05) is 17.6 Å². The van der Waals surface area contributed by atoms with Crippen molar-refractivity contribution >= 4 is 48.8 Å². The number of nitrogens with two attached hydrogens (primary N) is 1. The Kier molecular flexibility index (Phi) is 14.6. The number of ether oxygens (including phenoxy) is 3. The zero-order chi connectivity index (χ0) is 40.4. The van der Waals surface area contributed by atoms with Crippen LogP contribution in [0.4, 0.5) is 5.82 Å². The molecule has 3 heterocycles. The van der Waals surface area contributed by atoms with E-state index in [1.807, 2.05) is 24.3 Å². The summed E-state index contributed by atoms with van der Waals surface area (Å²) >= 11 is 0. The number of carbonyl (C=O) groups excluding carboxylic acids is 2. The van der Waals surface area contributed by atoms with Gasteiger partial charge in [-0.05, 0) is 63.2 Å². The van der Waals surface area contributed by atoms with E-state index in [9.17, 15) is 31.2 Å². The van der Waals surface area contributed by atoms with Gasteiger partial charge in [-0.1, -0.05) is 18.2 Å². The minimum atomic E-state index is -3.67. The molecule has 290 valence electrons. The lowest BCUT2D eigenvalue weighted by atomic mass is 10.2. The third-order valence-electron chi connectivity index (χ3n) is 6.86. The highest BCUT2D eigenvalue weighted by molar-refractivity contribution is 7.85. The van der Waals surface area contributed by atoms with Crippen molar-refractivity contribution in [3.63, 3.8) is 0 Å². The molecule has 0 saturated heterocycles. The molecule has 0 aliphatic rings. The van der Waals surface area contributed by atoms with Crippen molar-refractivity contribution in [3.05, 3.63) is 101 Å². The average molecular weight is 789 g/mol. The molecule has 0 unspecified atom stereocenters. The Morgan fingerprint density at radius 1 is 0.926 bits per heavy atom. The molecule has 18 nitrogen and oxygen atoms in total. The van der Waals surface area contributed by atoms with E-state index >= 15 is 0 Å². The Hall–Kier alpha value is -5.67. The number of fused-ring (bicyclic) bond motifs is 1. The predicted molar refractivity (Wildman–Crippen MR) is 199 cm³/mol. The second kappa shape index (κ2) is 18.4. The molecule has 54 heavy (non-hydrogen) atoms. The number of para-hydroxylation sites is 1. The summed E-state index contributed by atoms with van der Waals surface area (Å²) in [7, 11) is -5.74. The molecular weight excluding hydrogens is 749 g/mol. The molecule has 0 aliphatic carbocycles. The highest BCUT2D eigenvalue weighted by atomic mass is 32.2. The lowest BCUT2D eigenvalue weighted by Gasteiger charge is -2.19. The molecule has 0 spiro atoms. The molecule has 1 amide bonds. The number of carbonyl (C=O) groups is 2. The van der Waals surface area contributed by atoms with Crippen LogP contribution < -0.4 is 26.1 Å². The topological polar surface area (TPSA) is 261 Å². The van der Waals surface area contributed by atoms with Gasteiger partial charge in [0.25, 0.3) is 31.7 Å². The third kappa shape index (κ3) is 13.1. The van der Waals surface area contributed by atoms with Crippen LogP contribution in [0, 0.1) is 6.92 Å². The molecule has 5 aromatic rings. The molecule has 0 aliphatic heterocycles. The Bertz CT molecular complexity index is 2320. The van der Waals surface area contributed by atoms with Crippen LogP contribution in [0.3, 0.4) is 0 Å². The number of rotatable bonds is 10. The number of esters is 1. The van der Waals surface area contributed by atoms with Crippen molar-refractivity contribution in [1.29, 1.82) is 0 Å². The molecule has 3 aromatic heterocycles. The second-order valence-corrected chi connectivity index (χ2v) is 14.6. The van der Waals surface area contributed by atoms with Crippen molar-refractivity contribution in [1.82, 2.24) is 19.3 Å². The SMILES string of the molecule is COc1ccc2c(Oc3ccc(NC(=O)c4c(C)n(C[C@@H](C)OC(=O)[C@H](C)N)n(-c5ccccc5)c4=O)nc3)ccnc2c1.CS(=O)(=O)O.CS(=O)(=O)O. The summed E-state index contributed by atoms with van der Waals surface area (Å²) in [6.45, 7) is 5.00. The molecule has 2 atom stereocenters. The summed E-state index contributed by atoms with van der Waals surface area (Å²) in [5.41, 5.74) is 6.69. The van der Waals surface area contributed by atoms with Gasteiger partial charge in [0.2, 0.25) is 0 Å². The van der Waals surface area contributed by atoms with Crippen LogP contribution >= 0.6 is 0 Å². The fourth-order valence-electron chi connectivity index (χ4n) is 4.68. The number of aromatic nitrogens is 4. The fourth-order valence-corrected chi connectivity index (χ4v) is 4.68. The fraction of sp³-hybridized carbons (Fsp3) is 0.265. The number of methoxy groups -OCH3 is 1. The average Bonchev–Trinajstić information content (AvgIpc) is 3.32. The van der Waals surface area contributed by atoms with E-state index in [1.54, 1.807) is 74.3 Å². The molecule has 0 radical (unpaired) electrons. The molecule has 20 heteroatoms. The van der Waals surface area contributed by atoms with Crippen molar-refractivity contribution in [2.45, 2.75) is 39.5 Å². The zero-order valence-corrected chi connectivity index (χ0v) is 31.7. The van der Waals surface area contributed by atoms with Crippen LogP contribution in [0.15, 0.2) is 83.9 Å². The number of benzene rings is 2. The maximum absolute atomic E-state index is 13.7. The molecule has 5 N–H and O–H groups in total. The Balaban J connectivity index is 0.000000695. The maximum atomic E-state index is 13.7. The molecule has 2 aromatic carbocycles. The summed E-state index contributed by atoms with van der Waals surface area (Å²) in [4.78, 5) is 47.9. The summed E-state index contributed by atoms with van der Waals surface area (Å²) in [5, 5.41) is 3.50. The van der Waals surface area contributed by atoms with Gasteiger partial charge in [0.15, 0.2) is 0 Å². The van der Waals surface area contributed by atoms with Crippen molar-refractivity contribution < 1.29 is 49.7 Å². The number of anilines is 1. The minimum absolute atomic E-state index is 0.0691. The molecular formula is C34H40N6O12S2. The van der Waals surface area contributed by atoms with Gasteiger partial charge >= 0.3 is 5.97 Å². The number of amides is 1. The van der Waals surface area contributed by atoms with Gasteiger partial charge in [-0.3, -0.25) is 33.2 Å². The van der Waals surface area contributed by atoms with E-state index in [2.05, 4.69) is 15.3 Å². The number of nitrogens with one attached hydrogen (secondary N) is 1. The van der Waals surface area contributed by atoms with Crippen molar-refractivity contribution in [2.24, 2.45) is 5.73 Å². The van der Waals surface area contributed by atoms with Crippen molar-refractivity contribution in [2.75, 3.05) is 24.9 Å².